The lowest BCUT2D eigenvalue weighted by atomic mass is 10.0. The fourth-order valence-corrected chi connectivity index (χ4v) is 3.30. The predicted octanol–water partition coefficient (Wildman–Crippen LogP) is 5.53. The van der Waals surface area contributed by atoms with Gasteiger partial charge in [-0.2, -0.15) is 0 Å². The van der Waals surface area contributed by atoms with Gasteiger partial charge in [0.2, 0.25) is 0 Å². The maximum absolute atomic E-state index is 13.1. The van der Waals surface area contributed by atoms with Crippen molar-refractivity contribution in [3.8, 4) is 11.3 Å². The topological polar surface area (TPSA) is 42.0 Å². The Morgan fingerprint density at radius 3 is 2.34 bits per heavy atom. The van der Waals surface area contributed by atoms with Gasteiger partial charge in [-0.15, -0.1) is 0 Å². The van der Waals surface area contributed by atoms with Crippen molar-refractivity contribution < 1.29 is 9.18 Å². The zero-order chi connectivity index (χ0) is 20.2. The van der Waals surface area contributed by atoms with Crippen LogP contribution in [0.4, 0.5) is 4.39 Å². The summed E-state index contributed by atoms with van der Waals surface area (Å²) in [5.41, 5.74) is 5.18. The van der Waals surface area contributed by atoms with E-state index in [9.17, 15) is 9.18 Å². The number of amides is 1. The number of carbonyl (C=O) groups is 1. The van der Waals surface area contributed by atoms with Crippen molar-refractivity contribution >= 4 is 16.8 Å². The number of hydrogen-bond acceptors (Lipinski definition) is 2. The summed E-state index contributed by atoms with van der Waals surface area (Å²) in [5.74, 6) is -0.474. The first-order valence-electron chi connectivity index (χ1n) is 9.66. The number of nitrogens with zero attached hydrogens (tertiary/aromatic N) is 1. The second kappa shape index (κ2) is 8.23. The predicted molar refractivity (Wildman–Crippen MR) is 114 cm³/mol. The minimum atomic E-state index is -0.293. The van der Waals surface area contributed by atoms with Crippen LogP contribution in [-0.4, -0.2) is 10.9 Å². The minimum Gasteiger partial charge on any atom is -0.348 e. The van der Waals surface area contributed by atoms with E-state index in [0.29, 0.717) is 12.1 Å². The second-order valence-corrected chi connectivity index (χ2v) is 6.93. The van der Waals surface area contributed by atoms with Gasteiger partial charge in [0, 0.05) is 17.5 Å². The summed E-state index contributed by atoms with van der Waals surface area (Å²) in [6.07, 6.45) is 0.975. The highest BCUT2D eigenvalue weighted by atomic mass is 19.1. The van der Waals surface area contributed by atoms with Crippen LogP contribution in [0, 0.1) is 5.82 Å². The Balaban J connectivity index is 1.68. The van der Waals surface area contributed by atoms with Gasteiger partial charge < -0.3 is 5.32 Å². The zero-order valence-corrected chi connectivity index (χ0v) is 16.2. The van der Waals surface area contributed by atoms with Crippen LogP contribution in [0.25, 0.3) is 22.2 Å². The van der Waals surface area contributed by atoms with E-state index in [-0.39, 0.29) is 11.7 Å². The Morgan fingerprint density at radius 1 is 0.931 bits per heavy atom. The van der Waals surface area contributed by atoms with Crippen LogP contribution in [-0.2, 0) is 13.0 Å². The zero-order valence-electron chi connectivity index (χ0n) is 16.2. The third-order valence-corrected chi connectivity index (χ3v) is 4.99. The molecule has 0 aliphatic rings. The van der Waals surface area contributed by atoms with Crippen molar-refractivity contribution in [1.82, 2.24) is 10.3 Å². The fraction of sp³-hybridized carbons (Fsp3) is 0.120. The van der Waals surface area contributed by atoms with Gasteiger partial charge >= 0.3 is 0 Å². The second-order valence-electron chi connectivity index (χ2n) is 6.93. The van der Waals surface area contributed by atoms with Crippen LogP contribution in [0.15, 0.2) is 78.9 Å². The number of para-hydroxylation sites is 1. The molecule has 0 spiro atoms. The van der Waals surface area contributed by atoms with Gasteiger partial charge in [0.25, 0.3) is 5.91 Å². The van der Waals surface area contributed by atoms with Crippen molar-refractivity contribution in [1.29, 1.82) is 0 Å². The summed E-state index contributed by atoms with van der Waals surface area (Å²) in [6.45, 7) is 2.45. The summed E-state index contributed by atoms with van der Waals surface area (Å²) >= 11 is 0. The molecule has 3 nitrogen and oxygen atoms in total. The van der Waals surface area contributed by atoms with Crippen LogP contribution in [0.3, 0.4) is 0 Å². The number of nitrogens with one attached hydrogen (secondary N) is 1. The lowest BCUT2D eigenvalue weighted by Gasteiger charge is -2.11. The van der Waals surface area contributed by atoms with Crippen molar-refractivity contribution in [2.24, 2.45) is 0 Å². The molecule has 1 heterocycles. The molecule has 0 atom stereocenters. The third kappa shape index (κ3) is 4.16. The third-order valence-electron chi connectivity index (χ3n) is 4.99. The van der Waals surface area contributed by atoms with E-state index in [1.807, 2.05) is 42.5 Å². The number of carbonyl (C=O) groups excluding carboxylic acids is 1. The van der Waals surface area contributed by atoms with Gasteiger partial charge in [0.15, 0.2) is 0 Å². The van der Waals surface area contributed by atoms with Crippen molar-refractivity contribution in [2.75, 3.05) is 0 Å². The van der Waals surface area contributed by atoms with Gasteiger partial charge in [0.05, 0.1) is 16.8 Å². The Bertz CT molecular complexity index is 1150. The Labute approximate surface area is 169 Å². The normalized spacial score (nSPS) is 10.8. The van der Waals surface area contributed by atoms with Crippen LogP contribution in [0.2, 0.25) is 0 Å². The highest BCUT2D eigenvalue weighted by Crippen LogP contribution is 2.25. The number of fused-ring (bicyclic) bond motifs is 1. The monoisotopic (exact) mass is 384 g/mol. The van der Waals surface area contributed by atoms with E-state index in [1.165, 1.54) is 17.7 Å². The molecule has 0 aliphatic carbocycles. The largest absolute Gasteiger partial charge is 0.348 e. The van der Waals surface area contributed by atoms with Crippen LogP contribution >= 0.6 is 0 Å². The highest BCUT2D eigenvalue weighted by molar-refractivity contribution is 6.07. The highest BCUT2D eigenvalue weighted by Gasteiger charge is 2.14. The lowest BCUT2D eigenvalue weighted by Crippen LogP contribution is -2.23. The number of halogens is 1. The molecule has 29 heavy (non-hydrogen) atoms. The molecule has 0 unspecified atom stereocenters. The first-order chi connectivity index (χ1) is 14.1. The summed E-state index contributed by atoms with van der Waals surface area (Å²) in [5, 5.41) is 3.74. The van der Waals surface area contributed by atoms with Crippen LogP contribution in [0.5, 0.6) is 0 Å². The summed E-state index contributed by atoms with van der Waals surface area (Å²) < 4.78 is 13.1. The first-order valence-corrected chi connectivity index (χ1v) is 9.66. The maximum atomic E-state index is 13.1. The summed E-state index contributed by atoms with van der Waals surface area (Å²) in [6, 6.07) is 23.8. The number of aromatic nitrogens is 1. The van der Waals surface area contributed by atoms with Crippen molar-refractivity contribution in [3.05, 3.63) is 101 Å². The van der Waals surface area contributed by atoms with E-state index in [2.05, 4.69) is 24.4 Å². The van der Waals surface area contributed by atoms with Gasteiger partial charge in [-0.3, -0.25) is 4.79 Å². The average molecular weight is 384 g/mol. The van der Waals surface area contributed by atoms with Crippen LogP contribution in [0.1, 0.15) is 28.4 Å². The molecule has 1 aromatic heterocycles. The Hall–Kier alpha value is -3.53. The molecule has 0 aliphatic heterocycles. The van der Waals surface area contributed by atoms with Gasteiger partial charge in [-0.25, -0.2) is 9.37 Å². The molecule has 4 rings (SSSR count). The summed E-state index contributed by atoms with van der Waals surface area (Å²) in [7, 11) is 0. The minimum absolute atomic E-state index is 0.181. The van der Waals surface area contributed by atoms with Gasteiger partial charge in [0.1, 0.15) is 5.82 Å². The van der Waals surface area contributed by atoms with Gasteiger partial charge in [-0.05, 0) is 41.8 Å². The molecule has 0 radical (unpaired) electrons. The molecular formula is C25H21FN2O. The van der Waals surface area contributed by atoms with E-state index in [4.69, 9.17) is 4.98 Å². The number of benzene rings is 3. The standard InChI is InChI=1S/C25H21FN2O/c1-2-17-7-11-19(12-8-17)24-15-22(21-5-3-4-6-23(21)28-24)25(29)27-16-18-9-13-20(26)14-10-18/h3-15H,2,16H2,1H3,(H,27,29). The number of aryl methyl sites for hydroxylation is 1. The maximum Gasteiger partial charge on any atom is 0.252 e. The molecule has 0 fully saturated rings. The fourth-order valence-electron chi connectivity index (χ4n) is 3.30. The quantitative estimate of drug-likeness (QED) is 0.491. The number of pyridine rings is 1. The molecule has 1 amide bonds. The lowest BCUT2D eigenvalue weighted by molar-refractivity contribution is 0.0952. The number of rotatable bonds is 5. The average Bonchev–Trinajstić information content (AvgIpc) is 2.78. The molecule has 0 bridgehead atoms. The van der Waals surface area contributed by atoms with Crippen molar-refractivity contribution in [2.45, 2.75) is 19.9 Å². The molecule has 4 heteroatoms. The smallest absolute Gasteiger partial charge is 0.252 e. The van der Waals surface area contributed by atoms with Crippen LogP contribution < -0.4 is 5.32 Å². The first kappa shape index (κ1) is 18.8. The molecule has 144 valence electrons. The van der Waals surface area contributed by atoms with E-state index < -0.39 is 0 Å². The van der Waals surface area contributed by atoms with Gasteiger partial charge in [-0.1, -0.05) is 61.5 Å². The van der Waals surface area contributed by atoms with E-state index >= 15 is 0 Å². The Morgan fingerprint density at radius 2 is 1.62 bits per heavy atom. The molecule has 0 saturated carbocycles. The molecule has 4 aromatic rings. The van der Waals surface area contributed by atoms with Crippen molar-refractivity contribution in [3.63, 3.8) is 0 Å². The Kier molecular flexibility index (Phi) is 5.34. The van der Waals surface area contributed by atoms with E-state index in [0.717, 1.165) is 34.1 Å². The molecule has 0 saturated heterocycles. The van der Waals surface area contributed by atoms with E-state index in [1.54, 1.807) is 12.1 Å². The molecule has 3 aromatic carbocycles. The molecular weight excluding hydrogens is 363 g/mol. The SMILES string of the molecule is CCc1ccc(-c2cc(C(=O)NCc3ccc(F)cc3)c3ccccc3n2)cc1. The number of hydrogen-bond donors (Lipinski definition) is 1. The summed E-state index contributed by atoms with van der Waals surface area (Å²) in [4.78, 5) is 17.7. The molecule has 1 N–H and O–H groups in total.